The molecule has 0 spiro atoms. The van der Waals surface area contributed by atoms with E-state index >= 15 is 0 Å². The molecule has 218 valence electrons. The van der Waals surface area contributed by atoms with Crippen molar-refractivity contribution in [2.75, 3.05) is 31.6 Å². The average molecular weight is 564 g/mol. The van der Waals surface area contributed by atoms with Crippen LogP contribution in [0.3, 0.4) is 0 Å². The first kappa shape index (κ1) is 32.7. The molecule has 0 bridgehead atoms. The van der Waals surface area contributed by atoms with Gasteiger partial charge in [-0.15, -0.1) is 0 Å². The molecule has 10 heteroatoms. The van der Waals surface area contributed by atoms with E-state index in [1.807, 2.05) is 26.8 Å². The molecule has 0 aliphatic carbocycles. The number of carbonyl (C=O) groups is 1. The zero-order valence-corrected chi connectivity index (χ0v) is 24.2. The lowest BCUT2D eigenvalue weighted by atomic mass is 10.1. The number of aryl methyl sites for hydroxylation is 1. The minimum Gasteiger partial charge on any atom is -0.506 e. The monoisotopic (exact) mass is 563 g/mol. The normalized spacial score (nSPS) is 12.8. The molecular formula is C29H45N3O6S. The standard InChI is InChI=1S/C29H45N3O6S/c1-29(2,3)32-39(36,37)25-13-10-12-23(19-25)11-6-9-18-38-17-8-5-4-7-16-30-21-28(35)24-14-15-27(34)26(20-24)31-22-33/h10,12-15,19-20,22,28,30,32,34-35H,4-9,11,16-18,21H2,1-3H3,(H,31,33). The fourth-order valence-electron chi connectivity index (χ4n) is 4.07. The Labute approximate surface area is 233 Å². The minimum absolute atomic E-state index is 0.0414. The zero-order chi connectivity index (χ0) is 28.7. The second kappa shape index (κ2) is 16.6. The van der Waals surface area contributed by atoms with Gasteiger partial charge in [-0.2, -0.15) is 0 Å². The maximum atomic E-state index is 12.5. The van der Waals surface area contributed by atoms with Crippen LogP contribution in [0.1, 0.15) is 76.5 Å². The summed E-state index contributed by atoms with van der Waals surface area (Å²) in [7, 11) is -3.53. The molecule has 0 saturated carbocycles. The molecule has 2 aromatic carbocycles. The van der Waals surface area contributed by atoms with Gasteiger partial charge in [0.2, 0.25) is 16.4 Å². The Morgan fingerprint density at radius 1 is 0.974 bits per heavy atom. The van der Waals surface area contributed by atoms with Gasteiger partial charge in [0, 0.05) is 25.3 Å². The fourth-order valence-corrected chi connectivity index (χ4v) is 5.56. The van der Waals surface area contributed by atoms with Crippen molar-refractivity contribution in [2.45, 2.75) is 82.3 Å². The fraction of sp³-hybridized carbons (Fsp3) is 0.552. The van der Waals surface area contributed by atoms with Gasteiger partial charge in [0.15, 0.2) is 0 Å². The van der Waals surface area contributed by atoms with Gasteiger partial charge in [-0.1, -0.05) is 31.0 Å². The maximum Gasteiger partial charge on any atom is 0.241 e. The van der Waals surface area contributed by atoms with Crippen LogP contribution in [0.5, 0.6) is 5.75 Å². The van der Waals surface area contributed by atoms with Crippen LogP contribution in [0.2, 0.25) is 0 Å². The summed E-state index contributed by atoms with van der Waals surface area (Å²) in [5.41, 5.74) is 1.38. The topological polar surface area (TPSA) is 137 Å². The van der Waals surface area contributed by atoms with Crippen LogP contribution in [0.4, 0.5) is 5.69 Å². The summed E-state index contributed by atoms with van der Waals surface area (Å²) in [6.45, 7) is 8.10. The third kappa shape index (κ3) is 12.9. The number of carbonyl (C=O) groups excluding carboxylic acids is 1. The van der Waals surface area contributed by atoms with E-state index in [2.05, 4.69) is 15.4 Å². The number of hydrogen-bond acceptors (Lipinski definition) is 7. The van der Waals surface area contributed by atoms with Crippen molar-refractivity contribution in [1.29, 1.82) is 0 Å². The summed E-state index contributed by atoms with van der Waals surface area (Å²) in [5, 5.41) is 25.6. The van der Waals surface area contributed by atoms with Crippen LogP contribution < -0.4 is 15.4 Å². The molecule has 39 heavy (non-hydrogen) atoms. The molecule has 0 radical (unpaired) electrons. The lowest BCUT2D eigenvalue weighted by Gasteiger charge is -2.20. The molecule has 0 saturated heterocycles. The Bertz CT molecular complexity index is 1120. The highest BCUT2D eigenvalue weighted by molar-refractivity contribution is 7.89. The molecule has 0 fully saturated rings. The Morgan fingerprint density at radius 2 is 1.69 bits per heavy atom. The second-order valence-corrected chi connectivity index (χ2v) is 12.4. The number of phenolic OH excluding ortho intramolecular Hbond substituents is 1. The highest BCUT2D eigenvalue weighted by Gasteiger charge is 2.22. The first-order valence-corrected chi connectivity index (χ1v) is 15.1. The summed E-state index contributed by atoms with van der Waals surface area (Å²) in [5.74, 6) is -0.0414. The number of amides is 1. The van der Waals surface area contributed by atoms with Gasteiger partial charge in [-0.25, -0.2) is 13.1 Å². The Balaban J connectivity index is 1.49. The van der Waals surface area contributed by atoms with Crippen LogP contribution in [0.25, 0.3) is 0 Å². The Hall–Kier alpha value is -2.50. The van der Waals surface area contributed by atoms with E-state index < -0.39 is 21.7 Å². The van der Waals surface area contributed by atoms with Crippen LogP contribution in [-0.4, -0.2) is 56.9 Å². The van der Waals surface area contributed by atoms with E-state index in [9.17, 15) is 23.4 Å². The number of benzene rings is 2. The van der Waals surface area contributed by atoms with Gasteiger partial charge in [0.25, 0.3) is 0 Å². The molecule has 2 aromatic rings. The number of hydrogen-bond donors (Lipinski definition) is 5. The number of aromatic hydroxyl groups is 1. The predicted molar refractivity (Wildman–Crippen MR) is 154 cm³/mol. The molecule has 1 atom stereocenters. The maximum absolute atomic E-state index is 12.5. The van der Waals surface area contributed by atoms with Gasteiger partial charge in [-0.3, -0.25) is 4.79 Å². The number of unbranched alkanes of at least 4 members (excludes halogenated alkanes) is 4. The number of ether oxygens (including phenoxy) is 1. The lowest BCUT2D eigenvalue weighted by molar-refractivity contribution is -0.105. The summed E-state index contributed by atoms with van der Waals surface area (Å²) in [4.78, 5) is 10.9. The largest absolute Gasteiger partial charge is 0.506 e. The molecule has 1 unspecified atom stereocenters. The van der Waals surface area contributed by atoms with E-state index in [0.717, 1.165) is 63.7 Å². The predicted octanol–water partition coefficient (Wildman–Crippen LogP) is 4.26. The van der Waals surface area contributed by atoms with Gasteiger partial charge in [0.1, 0.15) is 5.75 Å². The van der Waals surface area contributed by atoms with E-state index in [-0.39, 0.29) is 11.4 Å². The molecule has 9 nitrogen and oxygen atoms in total. The van der Waals surface area contributed by atoms with Crippen molar-refractivity contribution in [3.63, 3.8) is 0 Å². The number of aliphatic hydroxyl groups excluding tert-OH is 1. The first-order valence-electron chi connectivity index (χ1n) is 13.6. The van der Waals surface area contributed by atoms with E-state index in [1.165, 1.54) is 6.07 Å². The van der Waals surface area contributed by atoms with E-state index in [4.69, 9.17) is 4.74 Å². The molecule has 0 heterocycles. The number of aliphatic hydroxyl groups is 1. The average Bonchev–Trinajstić information content (AvgIpc) is 2.87. The minimum atomic E-state index is -3.53. The molecular weight excluding hydrogens is 518 g/mol. The summed E-state index contributed by atoms with van der Waals surface area (Å²) >= 11 is 0. The van der Waals surface area contributed by atoms with Crippen molar-refractivity contribution in [2.24, 2.45) is 0 Å². The molecule has 0 aliphatic rings. The lowest BCUT2D eigenvalue weighted by Crippen LogP contribution is -2.40. The van der Waals surface area contributed by atoms with E-state index in [1.54, 1.807) is 30.3 Å². The molecule has 5 N–H and O–H groups in total. The van der Waals surface area contributed by atoms with Crippen molar-refractivity contribution in [3.8, 4) is 5.75 Å². The molecule has 0 aromatic heterocycles. The third-order valence-corrected chi connectivity index (χ3v) is 7.76. The Morgan fingerprint density at radius 3 is 2.41 bits per heavy atom. The number of rotatable bonds is 19. The van der Waals surface area contributed by atoms with Gasteiger partial charge < -0.3 is 25.6 Å². The number of phenols is 1. The van der Waals surface area contributed by atoms with Crippen molar-refractivity contribution in [1.82, 2.24) is 10.0 Å². The summed E-state index contributed by atoms with van der Waals surface area (Å²) in [6.07, 6.45) is 6.59. The van der Waals surface area contributed by atoms with E-state index in [0.29, 0.717) is 30.0 Å². The highest BCUT2D eigenvalue weighted by atomic mass is 32.2. The molecule has 2 rings (SSSR count). The summed E-state index contributed by atoms with van der Waals surface area (Å²) < 4.78 is 33.5. The second-order valence-electron chi connectivity index (χ2n) is 10.7. The van der Waals surface area contributed by atoms with Gasteiger partial charge >= 0.3 is 0 Å². The zero-order valence-electron chi connectivity index (χ0n) is 23.4. The summed E-state index contributed by atoms with van der Waals surface area (Å²) in [6, 6.07) is 11.8. The SMILES string of the molecule is CC(C)(C)NS(=O)(=O)c1cccc(CCCCOCCCCCCNCC(O)c2ccc(O)c(NC=O)c2)c1. The molecule has 1 amide bonds. The van der Waals surface area contributed by atoms with Crippen LogP contribution in [0, 0.1) is 0 Å². The Kier molecular flexibility index (Phi) is 13.9. The smallest absolute Gasteiger partial charge is 0.241 e. The van der Waals surface area contributed by atoms with Crippen LogP contribution >= 0.6 is 0 Å². The first-order chi connectivity index (χ1) is 18.5. The number of sulfonamides is 1. The van der Waals surface area contributed by atoms with Gasteiger partial charge in [0.05, 0.1) is 16.7 Å². The third-order valence-electron chi connectivity index (χ3n) is 6.00. The van der Waals surface area contributed by atoms with Crippen molar-refractivity contribution < 1.29 is 28.2 Å². The molecule has 0 aliphatic heterocycles. The van der Waals surface area contributed by atoms with Gasteiger partial charge in [-0.05, 0) is 94.8 Å². The van der Waals surface area contributed by atoms with Crippen LogP contribution in [-0.2, 0) is 26.0 Å². The number of anilines is 1. The van der Waals surface area contributed by atoms with Crippen molar-refractivity contribution >= 4 is 22.1 Å². The van der Waals surface area contributed by atoms with Crippen molar-refractivity contribution in [3.05, 3.63) is 53.6 Å². The highest BCUT2D eigenvalue weighted by Crippen LogP contribution is 2.26. The van der Waals surface area contributed by atoms with Crippen LogP contribution in [0.15, 0.2) is 47.4 Å². The number of nitrogens with one attached hydrogen (secondary N) is 3. The quantitative estimate of drug-likeness (QED) is 0.0978.